The minimum Gasteiger partial charge on any atom is -0.491 e. The van der Waals surface area contributed by atoms with Crippen LogP contribution < -0.4 is 4.74 Å². The first-order chi connectivity index (χ1) is 8.25. The Morgan fingerprint density at radius 3 is 2.29 bits per heavy atom. The zero-order chi connectivity index (χ0) is 12.1. The maximum Gasteiger partial charge on any atom is 0.119 e. The highest BCUT2D eigenvalue weighted by Gasteiger charge is 2.07. The fourth-order valence-corrected chi connectivity index (χ4v) is 1.84. The average molecular weight is 340 g/mol. The van der Waals surface area contributed by atoms with Gasteiger partial charge in [-0.1, -0.05) is 30.3 Å². The van der Waals surface area contributed by atoms with E-state index in [0.717, 1.165) is 11.3 Å². The lowest BCUT2D eigenvalue weighted by molar-refractivity contribution is 0.108. The normalized spacial score (nSPS) is 12.1. The van der Waals surface area contributed by atoms with Crippen molar-refractivity contribution >= 4 is 22.6 Å². The second kappa shape index (κ2) is 6.02. The molecule has 0 saturated carbocycles. The molecule has 88 valence electrons. The number of benzene rings is 2. The zero-order valence-electron chi connectivity index (χ0n) is 9.21. The molecule has 0 aliphatic heterocycles. The summed E-state index contributed by atoms with van der Waals surface area (Å²) in [5.74, 6) is 0.778. The van der Waals surface area contributed by atoms with Gasteiger partial charge in [0, 0.05) is 3.57 Å². The van der Waals surface area contributed by atoms with E-state index < -0.39 is 6.10 Å². The van der Waals surface area contributed by atoms with E-state index in [0.29, 0.717) is 0 Å². The van der Waals surface area contributed by atoms with Gasteiger partial charge < -0.3 is 9.84 Å². The van der Waals surface area contributed by atoms with Crippen LogP contribution in [0.15, 0.2) is 54.6 Å². The first-order valence-electron chi connectivity index (χ1n) is 5.37. The third kappa shape index (κ3) is 3.71. The molecule has 0 aliphatic rings. The van der Waals surface area contributed by atoms with Gasteiger partial charge in [0.15, 0.2) is 0 Å². The van der Waals surface area contributed by atoms with Gasteiger partial charge in [0.25, 0.3) is 0 Å². The summed E-state index contributed by atoms with van der Waals surface area (Å²) in [7, 11) is 0. The Morgan fingerprint density at radius 1 is 1.00 bits per heavy atom. The van der Waals surface area contributed by atoms with Gasteiger partial charge >= 0.3 is 0 Å². The summed E-state index contributed by atoms with van der Waals surface area (Å²) in [6, 6.07) is 17.3. The minimum atomic E-state index is -0.588. The smallest absolute Gasteiger partial charge is 0.119 e. The number of halogens is 1. The van der Waals surface area contributed by atoms with E-state index in [1.165, 1.54) is 3.57 Å². The highest BCUT2D eigenvalue weighted by molar-refractivity contribution is 14.1. The van der Waals surface area contributed by atoms with E-state index in [-0.39, 0.29) is 6.61 Å². The SMILES string of the molecule is OC(COc1ccc(I)cc1)c1ccccc1. The first-order valence-corrected chi connectivity index (χ1v) is 6.45. The molecule has 3 heteroatoms. The Morgan fingerprint density at radius 2 is 1.65 bits per heavy atom. The Labute approximate surface area is 114 Å². The third-order valence-corrected chi connectivity index (χ3v) is 3.13. The van der Waals surface area contributed by atoms with Crippen molar-refractivity contribution in [2.24, 2.45) is 0 Å². The van der Waals surface area contributed by atoms with Crippen molar-refractivity contribution in [3.05, 3.63) is 63.7 Å². The summed E-state index contributed by atoms with van der Waals surface area (Å²) in [4.78, 5) is 0. The van der Waals surface area contributed by atoms with Crippen LogP contribution in [-0.4, -0.2) is 11.7 Å². The van der Waals surface area contributed by atoms with Gasteiger partial charge in [0.2, 0.25) is 0 Å². The highest BCUT2D eigenvalue weighted by Crippen LogP contribution is 2.17. The van der Waals surface area contributed by atoms with Crippen molar-refractivity contribution in [2.75, 3.05) is 6.61 Å². The summed E-state index contributed by atoms with van der Waals surface area (Å²) in [5.41, 5.74) is 0.873. The van der Waals surface area contributed by atoms with E-state index >= 15 is 0 Å². The molecular formula is C14H13IO2. The number of rotatable bonds is 4. The fraction of sp³-hybridized carbons (Fsp3) is 0.143. The number of aliphatic hydroxyl groups is 1. The second-order valence-corrected chi connectivity index (χ2v) is 4.94. The summed E-state index contributed by atoms with van der Waals surface area (Å²) in [6.45, 7) is 0.268. The molecule has 0 fully saturated rings. The molecule has 1 N–H and O–H groups in total. The first kappa shape index (κ1) is 12.4. The van der Waals surface area contributed by atoms with Crippen molar-refractivity contribution in [1.82, 2.24) is 0 Å². The topological polar surface area (TPSA) is 29.5 Å². The molecule has 0 saturated heterocycles. The molecule has 0 heterocycles. The molecule has 2 aromatic carbocycles. The maximum atomic E-state index is 9.91. The van der Waals surface area contributed by atoms with Crippen LogP contribution in [0.25, 0.3) is 0 Å². The molecule has 2 nitrogen and oxygen atoms in total. The molecule has 0 bridgehead atoms. The molecule has 0 aliphatic carbocycles. The standard InChI is InChI=1S/C14H13IO2/c15-12-6-8-13(9-7-12)17-10-14(16)11-4-2-1-3-5-11/h1-9,14,16H,10H2. The van der Waals surface area contributed by atoms with Crippen molar-refractivity contribution in [2.45, 2.75) is 6.10 Å². The summed E-state index contributed by atoms with van der Waals surface area (Å²) >= 11 is 2.24. The highest BCUT2D eigenvalue weighted by atomic mass is 127. The number of hydrogen-bond donors (Lipinski definition) is 1. The molecule has 2 rings (SSSR count). The molecule has 0 aromatic heterocycles. The molecule has 0 spiro atoms. The monoisotopic (exact) mass is 340 g/mol. The van der Waals surface area contributed by atoms with Gasteiger partial charge in [0.05, 0.1) is 0 Å². The lowest BCUT2D eigenvalue weighted by Gasteiger charge is -2.12. The van der Waals surface area contributed by atoms with Crippen LogP contribution in [-0.2, 0) is 0 Å². The molecule has 1 unspecified atom stereocenters. The minimum absolute atomic E-state index is 0.268. The molecule has 17 heavy (non-hydrogen) atoms. The third-order valence-electron chi connectivity index (χ3n) is 2.41. The Balaban J connectivity index is 1.92. The predicted octanol–water partition coefficient (Wildman–Crippen LogP) is 3.40. The van der Waals surface area contributed by atoms with Crippen molar-refractivity contribution in [3.8, 4) is 5.75 Å². The predicted molar refractivity (Wildman–Crippen MR) is 76.1 cm³/mol. The van der Waals surface area contributed by atoms with Crippen LogP contribution in [0.5, 0.6) is 5.75 Å². The molecule has 0 amide bonds. The average Bonchev–Trinajstić information content (AvgIpc) is 2.39. The summed E-state index contributed by atoms with van der Waals surface area (Å²) in [6.07, 6.45) is -0.588. The number of aliphatic hydroxyl groups excluding tert-OH is 1. The lowest BCUT2D eigenvalue weighted by atomic mass is 10.1. The molecular weight excluding hydrogens is 327 g/mol. The van der Waals surface area contributed by atoms with E-state index in [2.05, 4.69) is 22.6 Å². The summed E-state index contributed by atoms with van der Waals surface area (Å²) < 4.78 is 6.69. The molecule has 0 radical (unpaired) electrons. The molecule has 2 aromatic rings. The largest absolute Gasteiger partial charge is 0.491 e. The van der Waals surface area contributed by atoms with Gasteiger partial charge in [-0.15, -0.1) is 0 Å². The Kier molecular flexibility index (Phi) is 4.39. The van der Waals surface area contributed by atoms with Gasteiger partial charge in [0.1, 0.15) is 18.5 Å². The zero-order valence-corrected chi connectivity index (χ0v) is 11.4. The van der Waals surface area contributed by atoms with E-state index in [9.17, 15) is 5.11 Å². The van der Waals surface area contributed by atoms with E-state index in [1.54, 1.807) is 0 Å². The van der Waals surface area contributed by atoms with E-state index in [1.807, 2.05) is 54.6 Å². The molecule has 1 atom stereocenters. The van der Waals surface area contributed by atoms with Gasteiger partial charge in [-0.25, -0.2) is 0 Å². The summed E-state index contributed by atoms with van der Waals surface area (Å²) in [5, 5.41) is 9.91. The fourth-order valence-electron chi connectivity index (χ4n) is 1.48. The van der Waals surface area contributed by atoms with Gasteiger partial charge in [-0.05, 0) is 52.4 Å². The Bertz CT molecular complexity index is 453. The lowest BCUT2D eigenvalue weighted by Crippen LogP contribution is -2.09. The van der Waals surface area contributed by atoms with Crippen molar-refractivity contribution < 1.29 is 9.84 Å². The van der Waals surface area contributed by atoms with E-state index in [4.69, 9.17) is 4.74 Å². The van der Waals surface area contributed by atoms with Crippen LogP contribution in [0.1, 0.15) is 11.7 Å². The van der Waals surface area contributed by atoms with Crippen LogP contribution in [0.4, 0.5) is 0 Å². The quantitative estimate of drug-likeness (QED) is 0.865. The van der Waals surface area contributed by atoms with Crippen LogP contribution >= 0.6 is 22.6 Å². The van der Waals surface area contributed by atoms with Gasteiger partial charge in [-0.2, -0.15) is 0 Å². The van der Waals surface area contributed by atoms with Crippen molar-refractivity contribution in [3.63, 3.8) is 0 Å². The maximum absolute atomic E-state index is 9.91. The van der Waals surface area contributed by atoms with Crippen LogP contribution in [0, 0.1) is 3.57 Å². The second-order valence-electron chi connectivity index (χ2n) is 3.69. The van der Waals surface area contributed by atoms with Crippen molar-refractivity contribution in [1.29, 1.82) is 0 Å². The van der Waals surface area contributed by atoms with Crippen LogP contribution in [0.3, 0.4) is 0 Å². The number of hydrogen-bond acceptors (Lipinski definition) is 2. The Hall–Kier alpha value is -1.07. The van der Waals surface area contributed by atoms with Crippen LogP contribution in [0.2, 0.25) is 0 Å². The van der Waals surface area contributed by atoms with Gasteiger partial charge in [-0.3, -0.25) is 0 Å². The number of ether oxygens (including phenoxy) is 1.